The Morgan fingerprint density at radius 2 is 1.77 bits per heavy atom. The van der Waals surface area contributed by atoms with Crippen LogP contribution in [0.1, 0.15) is 51.9 Å². The van der Waals surface area contributed by atoms with Gasteiger partial charge in [-0.2, -0.15) is 0 Å². The summed E-state index contributed by atoms with van der Waals surface area (Å²) in [5.41, 5.74) is 0. The molecule has 26 heavy (non-hydrogen) atoms. The van der Waals surface area contributed by atoms with Crippen molar-refractivity contribution in [2.75, 3.05) is 32.7 Å². The van der Waals surface area contributed by atoms with Crippen LogP contribution in [-0.4, -0.2) is 72.4 Å². The van der Waals surface area contributed by atoms with Crippen LogP contribution in [0.25, 0.3) is 0 Å². The number of guanidine groups is 1. The zero-order valence-electron chi connectivity index (χ0n) is 15.7. The third kappa shape index (κ3) is 6.07. The molecule has 2 amide bonds. The first-order valence-electron chi connectivity index (χ1n) is 9.79. The summed E-state index contributed by atoms with van der Waals surface area (Å²) < 4.78 is 0. The number of aliphatic imine (C=N–C) groups is 1. The van der Waals surface area contributed by atoms with E-state index in [1.54, 1.807) is 0 Å². The Morgan fingerprint density at radius 3 is 2.35 bits per heavy atom. The van der Waals surface area contributed by atoms with E-state index in [1.807, 2.05) is 6.92 Å². The number of piperidine rings is 2. The predicted octanol–water partition coefficient (Wildman–Crippen LogP) is 1.33. The van der Waals surface area contributed by atoms with Gasteiger partial charge in [-0.15, -0.1) is 24.0 Å². The van der Waals surface area contributed by atoms with E-state index in [9.17, 15) is 9.59 Å². The van der Waals surface area contributed by atoms with Crippen molar-refractivity contribution >= 4 is 41.8 Å². The monoisotopic (exact) mass is 477 g/mol. The summed E-state index contributed by atoms with van der Waals surface area (Å²) in [5, 5.41) is 6.79. The van der Waals surface area contributed by atoms with Crippen molar-refractivity contribution in [1.82, 2.24) is 20.4 Å². The maximum absolute atomic E-state index is 11.8. The van der Waals surface area contributed by atoms with Crippen molar-refractivity contribution in [2.45, 2.75) is 64.0 Å². The lowest BCUT2D eigenvalue weighted by atomic mass is 10.1. The highest BCUT2D eigenvalue weighted by molar-refractivity contribution is 14.0. The first-order chi connectivity index (χ1) is 12.2. The topological polar surface area (TPSA) is 77.0 Å². The lowest BCUT2D eigenvalue weighted by Gasteiger charge is -2.33. The third-order valence-electron chi connectivity index (χ3n) is 5.25. The Morgan fingerprint density at radius 1 is 1.12 bits per heavy atom. The summed E-state index contributed by atoms with van der Waals surface area (Å²) in [6, 6.07) is 1.30. The third-order valence-corrected chi connectivity index (χ3v) is 5.25. The molecule has 148 valence electrons. The number of hydrogen-bond acceptors (Lipinski definition) is 4. The van der Waals surface area contributed by atoms with Crippen molar-refractivity contribution < 1.29 is 9.59 Å². The van der Waals surface area contributed by atoms with Crippen LogP contribution in [0.5, 0.6) is 0 Å². The van der Waals surface area contributed by atoms with Gasteiger partial charge in [0.2, 0.25) is 11.8 Å². The molecule has 0 spiro atoms. The molecule has 7 nitrogen and oxygen atoms in total. The first-order valence-corrected chi connectivity index (χ1v) is 9.79. The molecular weight excluding hydrogens is 445 g/mol. The predicted molar refractivity (Wildman–Crippen MR) is 113 cm³/mol. The van der Waals surface area contributed by atoms with E-state index >= 15 is 0 Å². The Labute approximate surface area is 173 Å². The number of rotatable bonds is 6. The van der Waals surface area contributed by atoms with Gasteiger partial charge >= 0.3 is 0 Å². The summed E-state index contributed by atoms with van der Waals surface area (Å²) in [6.45, 7) is 6.01. The minimum atomic E-state index is -0.0585. The van der Waals surface area contributed by atoms with E-state index in [0.717, 1.165) is 31.4 Å². The average Bonchev–Trinajstić information content (AvgIpc) is 3.43. The number of carbonyl (C=O) groups is 2. The van der Waals surface area contributed by atoms with Crippen molar-refractivity contribution in [3.63, 3.8) is 0 Å². The van der Waals surface area contributed by atoms with Gasteiger partial charge in [0.05, 0.1) is 6.54 Å². The van der Waals surface area contributed by atoms with Gasteiger partial charge in [0.15, 0.2) is 5.96 Å². The number of imide groups is 1. The molecule has 2 saturated heterocycles. The number of nitrogens with one attached hydrogen (secondary N) is 2. The molecule has 0 atom stereocenters. The highest BCUT2D eigenvalue weighted by Gasteiger charge is 2.32. The SMILES string of the molecule is CCNC(=NCCN1C(=O)CCCC1=O)NC1CCN(C2CC2)CC1.I. The van der Waals surface area contributed by atoms with Gasteiger partial charge in [0.1, 0.15) is 0 Å². The molecule has 1 saturated carbocycles. The minimum absolute atomic E-state index is 0. The minimum Gasteiger partial charge on any atom is -0.357 e. The van der Waals surface area contributed by atoms with Crippen LogP contribution >= 0.6 is 24.0 Å². The molecule has 0 radical (unpaired) electrons. The van der Waals surface area contributed by atoms with E-state index in [-0.39, 0.29) is 35.8 Å². The van der Waals surface area contributed by atoms with E-state index in [2.05, 4.69) is 20.5 Å². The zero-order chi connectivity index (χ0) is 17.6. The fourth-order valence-electron chi connectivity index (χ4n) is 3.67. The van der Waals surface area contributed by atoms with E-state index in [1.165, 1.54) is 30.8 Å². The molecule has 8 heteroatoms. The van der Waals surface area contributed by atoms with Gasteiger partial charge in [0.25, 0.3) is 0 Å². The number of hydrogen-bond donors (Lipinski definition) is 2. The first kappa shape index (κ1) is 21.4. The molecule has 0 unspecified atom stereocenters. The number of likely N-dealkylation sites (tertiary alicyclic amines) is 2. The highest BCUT2D eigenvalue weighted by atomic mass is 127. The number of carbonyl (C=O) groups excluding carboxylic acids is 2. The molecule has 0 bridgehead atoms. The summed E-state index contributed by atoms with van der Waals surface area (Å²) in [5.74, 6) is 0.679. The Bertz CT molecular complexity index is 500. The highest BCUT2D eigenvalue weighted by Crippen LogP contribution is 2.29. The standard InChI is InChI=1S/C18H31N5O2.HI/c1-2-19-18(20-10-13-23-16(24)4-3-5-17(23)25)21-14-8-11-22(12-9-14)15-6-7-15;/h14-15H,2-13H2,1H3,(H2,19,20,21);1H. The molecule has 3 rings (SSSR count). The van der Waals surface area contributed by atoms with Crippen LogP contribution in [-0.2, 0) is 9.59 Å². The molecular formula is C18H32IN5O2. The van der Waals surface area contributed by atoms with E-state index < -0.39 is 0 Å². The Hall–Kier alpha value is -0.900. The van der Waals surface area contributed by atoms with E-state index in [4.69, 9.17) is 0 Å². The molecule has 2 N–H and O–H groups in total. The second-order valence-electron chi connectivity index (χ2n) is 7.24. The maximum Gasteiger partial charge on any atom is 0.229 e. The zero-order valence-corrected chi connectivity index (χ0v) is 18.0. The summed E-state index contributed by atoms with van der Waals surface area (Å²) in [6.07, 6.45) is 6.67. The molecule has 0 aromatic rings. The van der Waals surface area contributed by atoms with Crippen LogP contribution in [0.15, 0.2) is 4.99 Å². The smallest absolute Gasteiger partial charge is 0.229 e. The maximum atomic E-state index is 11.8. The van der Waals surface area contributed by atoms with Crippen LogP contribution in [0.3, 0.4) is 0 Å². The van der Waals surface area contributed by atoms with Gasteiger partial charge in [-0.25, -0.2) is 0 Å². The number of halogens is 1. The Balaban J connectivity index is 0.00000243. The van der Waals surface area contributed by atoms with Crippen molar-refractivity contribution in [2.24, 2.45) is 4.99 Å². The Kier molecular flexibility index (Phi) is 8.59. The molecule has 1 aliphatic carbocycles. The fraction of sp³-hybridized carbons (Fsp3) is 0.833. The van der Waals surface area contributed by atoms with Gasteiger partial charge in [-0.3, -0.25) is 19.5 Å². The lowest BCUT2D eigenvalue weighted by molar-refractivity contribution is -0.147. The van der Waals surface area contributed by atoms with Gasteiger partial charge < -0.3 is 15.5 Å². The fourth-order valence-corrected chi connectivity index (χ4v) is 3.67. The van der Waals surface area contributed by atoms with E-state index in [0.29, 0.717) is 38.4 Å². The molecule has 2 aliphatic heterocycles. The second kappa shape index (κ2) is 10.4. The van der Waals surface area contributed by atoms with Crippen molar-refractivity contribution in [3.05, 3.63) is 0 Å². The lowest BCUT2D eigenvalue weighted by Crippen LogP contribution is -2.49. The number of amides is 2. The molecule has 3 fully saturated rings. The molecule has 0 aromatic carbocycles. The van der Waals surface area contributed by atoms with Crippen LogP contribution in [0.2, 0.25) is 0 Å². The second-order valence-corrected chi connectivity index (χ2v) is 7.24. The normalized spacial score (nSPS) is 23.0. The summed E-state index contributed by atoms with van der Waals surface area (Å²) in [4.78, 5) is 32.2. The van der Waals surface area contributed by atoms with Crippen LogP contribution in [0.4, 0.5) is 0 Å². The van der Waals surface area contributed by atoms with Crippen LogP contribution in [0, 0.1) is 0 Å². The van der Waals surface area contributed by atoms with Crippen LogP contribution < -0.4 is 10.6 Å². The van der Waals surface area contributed by atoms with Crippen molar-refractivity contribution in [1.29, 1.82) is 0 Å². The van der Waals surface area contributed by atoms with Gasteiger partial charge in [0, 0.05) is 51.1 Å². The van der Waals surface area contributed by atoms with Gasteiger partial charge in [-0.1, -0.05) is 0 Å². The summed E-state index contributed by atoms with van der Waals surface area (Å²) >= 11 is 0. The average molecular weight is 477 g/mol. The largest absolute Gasteiger partial charge is 0.357 e. The summed E-state index contributed by atoms with van der Waals surface area (Å²) in [7, 11) is 0. The quantitative estimate of drug-likeness (QED) is 0.261. The molecule has 3 aliphatic rings. The van der Waals surface area contributed by atoms with Gasteiger partial charge in [-0.05, 0) is 39.0 Å². The van der Waals surface area contributed by atoms with Crippen molar-refractivity contribution in [3.8, 4) is 0 Å². The molecule has 2 heterocycles. The molecule has 0 aromatic heterocycles. The number of nitrogens with zero attached hydrogens (tertiary/aromatic N) is 3.